The van der Waals surface area contributed by atoms with Gasteiger partial charge in [0.1, 0.15) is 0 Å². The Kier molecular flexibility index (Phi) is 3.72. The number of aryl methyl sites for hydroxylation is 2. The first-order valence-electron chi connectivity index (χ1n) is 5.73. The maximum absolute atomic E-state index is 5.10. The highest BCUT2D eigenvalue weighted by atomic mass is 16.5. The fourth-order valence-electron chi connectivity index (χ4n) is 1.59. The van der Waals surface area contributed by atoms with Crippen molar-refractivity contribution in [2.75, 3.05) is 12.4 Å². The van der Waals surface area contributed by atoms with Crippen LogP contribution in [-0.2, 0) is 6.54 Å². The monoisotopic (exact) mass is 244 g/mol. The fourth-order valence-corrected chi connectivity index (χ4v) is 1.59. The van der Waals surface area contributed by atoms with Crippen molar-refractivity contribution >= 4 is 5.95 Å². The number of nitrogens with one attached hydrogen (secondary N) is 1. The first kappa shape index (κ1) is 12.3. The zero-order valence-corrected chi connectivity index (χ0v) is 10.8. The van der Waals surface area contributed by atoms with E-state index in [1.165, 1.54) is 0 Å². The molecule has 2 rings (SSSR count). The number of hydrogen-bond acceptors (Lipinski definition) is 5. The number of methoxy groups -OCH3 is 1. The Balaban J connectivity index is 2.08. The Bertz CT molecular complexity index is 542. The number of hydrogen-bond donors (Lipinski definition) is 1. The summed E-state index contributed by atoms with van der Waals surface area (Å²) in [4.78, 5) is 12.9. The van der Waals surface area contributed by atoms with Crippen molar-refractivity contribution in [1.82, 2.24) is 15.0 Å². The van der Waals surface area contributed by atoms with Crippen LogP contribution in [0.2, 0.25) is 0 Å². The van der Waals surface area contributed by atoms with Gasteiger partial charge in [0.05, 0.1) is 19.3 Å². The third-order valence-electron chi connectivity index (χ3n) is 2.41. The minimum absolute atomic E-state index is 0.551. The van der Waals surface area contributed by atoms with E-state index in [2.05, 4.69) is 20.3 Å². The molecule has 0 aliphatic rings. The summed E-state index contributed by atoms with van der Waals surface area (Å²) in [5, 5.41) is 3.14. The molecule has 0 bridgehead atoms. The summed E-state index contributed by atoms with van der Waals surface area (Å²) in [6.45, 7) is 4.46. The zero-order valence-electron chi connectivity index (χ0n) is 10.8. The first-order chi connectivity index (χ1) is 8.67. The second-order valence-electron chi connectivity index (χ2n) is 4.00. The number of pyridine rings is 1. The lowest BCUT2D eigenvalue weighted by Gasteiger charge is -2.07. The molecule has 0 aliphatic carbocycles. The van der Waals surface area contributed by atoms with Crippen LogP contribution < -0.4 is 10.1 Å². The van der Waals surface area contributed by atoms with E-state index in [1.54, 1.807) is 13.2 Å². The van der Waals surface area contributed by atoms with Gasteiger partial charge in [-0.15, -0.1) is 0 Å². The largest absolute Gasteiger partial charge is 0.481 e. The summed E-state index contributed by atoms with van der Waals surface area (Å²) in [5.41, 5.74) is 2.82. The molecule has 5 heteroatoms. The number of anilines is 1. The Morgan fingerprint density at radius 2 is 1.94 bits per heavy atom. The average Bonchev–Trinajstić information content (AvgIpc) is 2.36. The molecular formula is C13H16N4O. The Hall–Kier alpha value is -2.17. The summed E-state index contributed by atoms with van der Waals surface area (Å²) in [6.07, 6.45) is 0. The lowest BCUT2D eigenvalue weighted by atomic mass is 10.3. The van der Waals surface area contributed by atoms with E-state index in [4.69, 9.17) is 4.74 Å². The van der Waals surface area contributed by atoms with Crippen LogP contribution in [0.1, 0.15) is 17.1 Å². The highest BCUT2D eigenvalue weighted by molar-refractivity contribution is 5.31. The SMILES string of the molecule is COc1cc(C)nc(NCc2cccc(C)n2)n1. The molecule has 18 heavy (non-hydrogen) atoms. The van der Waals surface area contributed by atoms with Gasteiger partial charge in [0.25, 0.3) is 0 Å². The van der Waals surface area contributed by atoms with Gasteiger partial charge in [-0.05, 0) is 26.0 Å². The lowest BCUT2D eigenvalue weighted by Crippen LogP contribution is -2.06. The van der Waals surface area contributed by atoms with Crippen molar-refractivity contribution < 1.29 is 4.74 Å². The van der Waals surface area contributed by atoms with Gasteiger partial charge in [-0.25, -0.2) is 4.98 Å². The summed E-state index contributed by atoms with van der Waals surface area (Å²) < 4.78 is 5.10. The molecule has 0 radical (unpaired) electrons. The maximum Gasteiger partial charge on any atom is 0.226 e. The van der Waals surface area contributed by atoms with Gasteiger partial charge in [-0.1, -0.05) is 6.07 Å². The fraction of sp³-hybridized carbons (Fsp3) is 0.308. The molecule has 0 fully saturated rings. The summed E-state index contributed by atoms with van der Waals surface area (Å²) in [6, 6.07) is 7.70. The summed E-state index contributed by atoms with van der Waals surface area (Å²) in [5.74, 6) is 1.11. The molecule has 2 heterocycles. The van der Waals surface area contributed by atoms with Crippen LogP contribution in [0.15, 0.2) is 24.3 Å². The van der Waals surface area contributed by atoms with E-state index in [0.717, 1.165) is 17.1 Å². The minimum Gasteiger partial charge on any atom is -0.481 e. The van der Waals surface area contributed by atoms with E-state index >= 15 is 0 Å². The number of aromatic nitrogens is 3. The third kappa shape index (κ3) is 3.16. The van der Waals surface area contributed by atoms with Crippen LogP contribution >= 0.6 is 0 Å². The van der Waals surface area contributed by atoms with Gasteiger partial charge in [0.2, 0.25) is 11.8 Å². The summed E-state index contributed by atoms with van der Waals surface area (Å²) in [7, 11) is 1.59. The minimum atomic E-state index is 0.551. The number of ether oxygens (including phenoxy) is 1. The molecule has 2 aromatic heterocycles. The van der Waals surface area contributed by atoms with Crippen molar-refractivity contribution in [2.24, 2.45) is 0 Å². The predicted molar refractivity (Wildman–Crippen MR) is 69.6 cm³/mol. The van der Waals surface area contributed by atoms with Gasteiger partial charge in [-0.2, -0.15) is 4.98 Å². The van der Waals surface area contributed by atoms with Crippen molar-refractivity contribution in [3.8, 4) is 5.88 Å². The molecule has 5 nitrogen and oxygen atoms in total. The lowest BCUT2D eigenvalue weighted by molar-refractivity contribution is 0.397. The van der Waals surface area contributed by atoms with Gasteiger partial charge < -0.3 is 10.1 Å². The topological polar surface area (TPSA) is 59.9 Å². The van der Waals surface area contributed by atoms with Gasteiger partial charge >= 0.3 is 0 Å². The molecule has 0 amide bonds. The molecule has 94 valence electrons. The van der Waals surface area contributed by atoms with Crippen molar-refractivity contribution in [3.63, 3.8) is 0 Å². The Morgan fingerprint density at radius 1 is 1.11 bits per heavy atom. The molecule has 0 aliphatic heterocycles. The van der Waals surface area contributed by atoms with Crippen LogP contribution in [0.3, 0.4) is 0 Å². The Morgan fingerprint density at radius 3 is 2.67 bits per heavy atom. The maximum atomic E-state index is 5.10. The van der Waals surface area contributed by atoms with Crippen LogP contribution in [0.25, 0.3) is 0 Å². The zero-order chi connectivity index (χ0) is 13.0. The third-order valence-corrected chi connectivity index (χ3v) is 2.41. The second-order valence-corrected chi connectivity index (χ2v) is 4.00. The van der Waals surface area contributed by atoms with Crippen LogP contribution in [0, 0.1) is 13.8 Å². The van der Waals surface area contributed by atoms with Crippen LogP contribution in [-0.4, -0.2) is 22.1 Å². The molecular weight excluding hydrogens is 228 g/mol. The van der Waals surface area contributed by atoms with Gasteiger partial charge in [0, 0.05) is 17.5 Å². The normalized spacial score (nSPS) is 10.2. The van der Waals surface area contributed by atoms with Gasteiger partial charge in [0.15, 0.2) is 0 Å². The van der Waals surface area contributed by atoms with Gasteiger partial charge in [-0.3, -0.25) is 4.98 Å². The average molecular weight is 244 g/mol. The van der Waals surface area contributed by atoms with Crippen LogP contribution in [0.4, 0.5) is 5.95 Å². The quantitative estimate of drug-likeness (QED) is 0.892. The molecule has 0 atom stereocenters. The molecule has 2 aromatic rings. The molecule has 0 aromatic carbocycles. The molecule has 0 saturated heterocycles. The van der Waals surface area contributed by atoms with E-state index in [9.17, 15) is 0 Å². The van der Waals surface area contributed by atoms with E-state index < -0.39 is 0 Å². The predicted octanol–water partition coefficient (Wildman–Crippen LogP) is 2.11. The van der Waals surface area contributed by atoms with Crippen molar-refractivity contribution in [3.05, 3.63) is 41.3 Å². The highest BCUT2D eigenvalue weighted by Crippen LogP contribution is 2.11. The highest BCUT2D eigenvalue weighted by Gasteiger charge is 2.02. The van der Waals surface area contributed by atoms with Crippen molar-refractivity contribution in [2.45, 2.75) is 20.4 Å². The number of nitrogens with zero attached hydrogens (tertiary/aromatic N) is 3. The van der Waals surface area contributed by atoms with E-state index in [-0.39, 0.29) is 0 Å². The van der Waals surface area contributed by atoms with Crippen LogP contribution in [0.5, 0.6) is 5.88 Å². The first-order valence-corrected chi connectivity index (χ1v) is 5.73. The standard InChI is InChI=1S/C13H16N4O/c1-9-5-4-6-11(15-9)8-14-13-16-10(2)7-12(17-13)18-3/h4-7H,8H2,1-3H3,(H,14,16,17). The molecule has 0 unspecified atom stereocenters. The van der Waals surface area contributed by atoms with Crippen molar-refractivity contribution in [1.29, 1.82) is 0 Å². The molecule has 0 spiro atoms. The molecule has 1 N–H and O–H groups in total. The second kappa shape index (κ2) is 5.44. The number of rotatable bonds is 4. The van der Waals surface area contributed by atoms with E-state index in [0.29, 0.717) is 18.4 Å². The smallest absolute Gasteiger partial charge is 0.226 e. The van der Waals surface area contributed by atoms with E-state index in [1.807, 2.05) is 32.0 Å². The summed E-state index contributed by atoms with van der Waals surface area (Å²) >= 11 is 0. The Labute approximate surface area is 106 Å². The molecule has 0 saturated carbocycles.